The van der Waals surface area contributed by atoms with Crippen LogP contribution in [0.5, 0.6) is 0 Å². The molecule has 0 aliphatic heterocycles. The van der Waals surface area contributed by atoms with E-state index in [0.29, 0.717) is 22.5 Å². The molecule has 0 heterocycles. The Hall–Kier alpha value is -5.30. The number of nitrogens with one attached hydrogen (secondary N) is 2. The minimum absolute atomic E-state index is 0.156. The van der Waals surface area contributed by atoms with Gasteiger partial charge in [0, 0.05) is 22.9 Å². The van der Waals surface area contributed by atoms with Crippen LogP contribution in [0.15, 0.2) is 103 Å². The van der Waals surface area contributed by atoms with E-state index in [1.165, 1.54) is 13.2 Å². The van der Waals surface area contributed by atoms with Gasteiger partial charge in [0.2, 0.25) is 11.8 Å². The van der Waals surface area contributed by atoms with E-state index in [0.717, 1.165) is 16.7 Å². The maximum Gasteiger partial charge on any atom is 0.337 e. The van der Waals surface area contributed by atoms with E-state index in [1.807, 2.05) is 37.3 Å². The fourth-order valence-corrected chi connectivity index (χ4v) is 3.95. The second kappa shape index (κ2) is 13.0. The molecule has 0 atom stereocenters. The number of carbonyl (C=O) groups is 4. The minimum Gasteiger partial charge on any atom is -0.465 e. The quantitative estimate of drug-likeness (QED) is 0.160. The summed E-state index contributed by atoms with van der Waals surface area (Å²) in [6.07, 6.45) is 3.11. The number of carbonyl (C=O) groups excluding carboxylic acids is 4. The molecule has 4 aromatic rings. The Morgan fingerprint density at radius 3 is 2.15 bits per heavy atom. The van der Waals surface area contributed by atoms with Crippen LogP contribution in [0.3, 0.4) is 0 Å². The van der Waals surface area contributed by atoms with E-state index in [2.05, 4.69) is 15.4 Å². The van der Waals surface area contributed by atoms with Crippen molar-refractivity contribution in [2.75, 3.05) is 17.7 Å². The Morgan fingerprint density at radius 1 is 0.775 bits per heavy atom. The second-order valence-electron chi connectivity index (χ2n) is 9.10. The highest BCUT2D eigenvalue weighted by Crippen LogP contribution is 2.24. The van der Waals surface area contributed by atoms with Crippen LogP contribution in [0, 0.1) is 6.92 Å². The third-order valence-electron chi connectivity index (χ3n) is 6.09. The summed E-state index contributed by atoms with van der Waals surface area (Å²) in [5, 5.41) is 5.61. The number of amides is 2. The molecule has 2 N–H and O–H groups in total. The Balaban J connectivity index is 1.52. The fourth-order valence-electron chi connectivity index (χ4n) is 3.95. The van der Waals surface area contributed by atoms with E-state index < -0.39 is 11.9 Å². The van der Waals surface area contributed by atoms with Crippen molar-refractivity contribution in [3.8, 4) is 0 Å². The summed E-state index contributed by atoms with van der Waals surface area (Å²) in [5.41, 5.74) is 4.54. The molecule has 0 saturated heterocycles. The molecule has 7 nitrogen and oxygen atoms in total. The van der Waals surface area contributed by atoms with E-state index >= 15 is 0 Å². The number of anilines is 2. The van der Waals surface area contributed by atoms with E-state index in [1.54, 1.807) is 72.8 Å². The van der Waals surface area contributed by atoms with Gasteiger partial charge in [0.25, 0.3) is 0 Å². The average molecular weight is 533 g/mol. The molecule has 0 spiro atoms. The maximum absolute atomic E-state index is 13.4. The normalized spacial score (nSPS) is 10.7. The van der Waals surface area contributed by atoms with E-state index in [-0.39, 0.29) is 23.7 Å². The topological polar surface area (TPSA) is 102 Å². The summed E-state index contributed by atoms with van der Waals surface area (Å²) < 4.78 is 4.69. The molecule has 0 aliphatic rings. The van der Waals surface area contributed by atoms with Crippen molar-refractivity contribution in [3.05, 3.63) is 137 Å². The number of benzene rings is 4. The van der Waals surface area contributed by atoms with Crippen LogP contribution in [0.1, 0.15) is 43.0 Å². The maximum atomic E-state index is 13.4. The molecule has 200 valence electrons. The lowest BCUT2D eigenvalue weighted by atomic mass is 10.0. The molecule has 7 heteroatoms. The zero-order valence-corrected chi connectivity index (χ0v) is 22.1. The molecular formula is C33H28N2O5. The minimum atomic E-state index is -0.441. The molecule has 0 radical (unpaired) electrons. The van der Waals surface area contributed by atoms with E-state index in [4.69, 9.17) is 0 Å². The smallest absolute Gasteiger partial charge is 0.337 e. The van der Waals surface area contributed by atoms with Crippen molar-refractivity contribution in [2.24, 2.45) is 0 Å². The summed E-state index contributed by atoms with van der Waals surface area (Å²) in [4.78, 5) is 50.4. The molecule has 4 rings (SSSR count). The molecule has 0 saturated carbocycles. The van der Waals surface area contributed by atoms with Crippen molar-refractivity contribution >= 4 is 41.0 Å². The zero-order valence-electron chi connectivity index (χ0n) is 22.1. The third-order valence-corrected chi connectivity index (χ3v) is 6.09. The lowest BCUT2D eigenvalue weighted by Gasteiger charge is -2.13. The van der Waals surface area contributed by atoms with Gasteiger partial charge in [-0.2, -0.15) is 0 Å². The lowest BCUT2D eigenvalue weighted by Crippen LogP contribution is -2.18. The SMILES string of the molecule is COC(=O)c1ccc(/C=C/C(=O)Nc2ccc(NC(=O)Cc3ccc(C)cc3)c(C(=O)c3ccccc3)c2)cc1. The highest BCUT2D eigenvalue weighted by Gasteiger charge is 2.17. The zero-order chi connectivity index (χ0) is 28.5. The molecular weight excluding hydrogens is 504 g/mol. The summed E-state index contributed by atoms with van der Waals surface area (Å²) in [6, 6.07) is 27.8. The predicted octanol–water partition coefficient (Wildman–Crippen LogP) is 5.85. The Morgan fingerprint density at radius 2 is 1.48 bits per heavy atom. The van der Waals surface area contributed by atoms with E-state index in [9.17, 15) is 19.2 Å². The molecule has 0 unspecified atom stereocenters. The third kappa shape index (κ3) is 7.39. The van der Waals surface area contributed by atoms with Gasteiger partial charge in [-0.05, 0) is 54.5 Å². The van der Waals surface area contributed by atoms with Crippen molar-refractivity contribution in [3.63, 3.8) is 0 Å². The van der Waals surface area contributed by atoms with Gasteiger partial charge >= 0.3 is 5.97 Å². The lowest BCUT2D eigenvalue weighted by molar-refractivity contribution is -0.115. The van der Waals surface area contributed by atoms with Crippen molar-refractivity contribution in [1.29, 1.82) is 0 Å². The van der Waals surface area contributed by atoms with Crippen LogP contribution in [-0.2, 0) is 20.7 Å². The van der Waals surface area contributed by atoms with Crippen LogP contribution < -0.4 is 10.6 Å². The predicted molar refractivity (Wildman–Crippen MR) is 155 cm³/mol. The first kappa shape index (κ1) is 27.7. The summed E-state index contributed by atoms with van der Waals surface area (Å²) >= 11 is 0. The van der Waals surface area contributed by atoms with Crippen molar-refractivity contribution < 1.29 is 23.9 Å². The highest BCUT2D eigenvalue weighted by molar-refractivity contribution is 6.15. The van der Waals surface area contributed by atoms with Gasteiger partial charge in [0.15, 0.2) is 5.78 Å². The number of hydrogen-bond acceptors (Lipinski definition) is 5. The Labute approximate surface area is 232 Å². The summed E-state index contributed by atoms with van der Waals surface area (Å²) in [7, 11) is 1.31. The molecule has 2 amide bonds. The molecule has 0 fully saturated rings. The average Bonchev–Trinajstić information content (AvgIpc) is 2.98. The Kier molecular flexibility index (Phi) is 8.99. The second-order valence-corrected chi connectivity index (χ2v) is 9.10. The van der Waals surface area contributed by atoms with Gasteiger partial charge < -0.3 is 15.4 Å². The van der Waals surface area contributed by atoms with Crippen LogP contribution in [-0.4, -0.2) is 30.7 Å². The number of aryl methyl sites for hydroxylation is 1. The highest BCUT2D eigenvalue weighted by atomic mass is 16.5. The van der Waals surface area contributed by atoms with Crippen LogP contribution in [0.4, 0.5) is 11.4 Å². The van der Waals surface area contributed by atoms with Crippen LogP contribution in [0.25, 0.3) is 6.08 Å². The number of methoxy groups -OCH3 is 1. The first-order chi connectivity index (χ1) is 19.3. The monoisotopic (exact) mass is 532 g/mol. The van der Waals surface area contributed by atoms with Crippen molar-refractivity contribution in [1.82, 2.24) is 0 Å². The number of ether oxygens (including phenoxy) is 1. The summed E-state index contributed by atoms with van der Waals surface area (Å²) in [6.45, 7) is 1.98. The largest absolute Gasteiger partial charge is 0.465 e. The first-order valence-corrected chi connectivity index (χ1v) is 12.6. The molecule has 0 aliphatic carbocycles. The van der Waals surface area contributed by atoms with Gasteiger partial charge in [-0.3, -0.25) is 14.4 Å². The molecule has 4 aromatic carbocycles. The Bertz CT molecular complexity index is 1560. The number of rotatable bonds is 9. The van der Waals surface area contributed by atoms with Crippen LogP contribution in [0.2, 0.25) is 0 Å². The van der Waals surface area contributed by atoms with Gasteiger partial charge in [0.1, 0.15) is 0 Å². The number of hydrogen-bond donors (Lipinski definition) is 2. The fraction of sp³-hybridized carbons (Fsp3) is 0.0909. The standard InChI is InChI=1S/C33H28N2O5/c1-22-8-10-24(11-9-22)20-31(37)35-29-18-17-27(21-28(29)32(38)25-6-4-3-5-7-25)34-30(36)19-14-23-12-15-26(16-13-23)33(39)40-2/h3-19,21H,20H2,1-2H3,(H,34,36)(H,35,37)/b19-14+. The number of ketones is 1. The molecule has 0 aromatic heterocycles. The van der Waals surface area contributed by atoms with Crippen molar-refractivity contribution in [2.45, 2.75) is 13.3 Å². The molecule has 0 bridgehead atoms. The summed E-state index contributed by atoms with van der Waals surface area (Å²) in [5.74, 6) is -1.40. The van der Waals surface area contributed by atoms with Gasteiger partial charge in [-0.15, -0.1) is 0 Å². The van der Waals surface area contributed by atoms with Gasteiger partial charge in [-0.1, -0.05) is 72.3 Å². The van der Waals surface area contributed by atoms with Crippen LogP contribution >= 0.6 is 0 Å². The molecule has 40 heavy (non-hydrogen) atoms. The van der Waals surface area contributed by atoms with Gasteiger partial charge in [-0.25, -0.2) is 4.79 Å². The first-order valence-electron chi connectivity index (χ1n) is 12.6. The van der Waals surface area contributed by atoms with Gasteiger partial charge in [0.05, 0.1) is 24.8 Å². The number of esters is 1.